The molecule has 24 heavy (non-hydrogen) atoms. The molecule has 5 heteroatoms. The molecule has 130 valence electrons. The lowest BCUT2D eigenvalue weighted by atomic mass is 9.84. The van der Waals surface area contributed by atoms with Crippen LogP contribution in [-0.4, -0.2) is 24.6 Å². The Hall–Kier alpha value is -2.04. The molecule has 2 N–H and O–H groups in total. The number of fused-ring (bicyclic) bond motifs is 2. The van der Waals surface area contributed by atoms with Crippen LogP contribution in [-0.2, 0) is 4.74 Å². The summed E-state index contributed by atoms with van der Waals surface area (Å²) in [6.07, 6.45) is 4.81. The van der Waals surface area contributed by atoms with Gasteiger partial charge in [-0.3, -0.25) is 10.1 Å². The Labute approximate surface area is 143 Å². The van der Waals surface area contributed by atoms with Crippen molar-refractivity contribution in [2.75, 3.05) is 11.9 Å². The predicted octanol–water partition coefficient (Wildman–Crippen LogP) is 3.81. The van der Waals surface area contributed by atoms with Gasteiger partial charge in [0.15, 0.2) is 0 Å². The Kier molecular flexibility index (Phi) is 5.07. The molecule has 0 saturated heterocycles. The molecule has 5 nitrogen and oxygen atoms in total. The minimum atomic E-state index is -0.486. The van der Waals surface area contributed by atoms with Crippen molar-refractivity contribution in [3.8, 4) is 0 Å². The van der Waals surface area contributed by atoms with E-state index < -0.39 is 6.09 Å². The van der Waals surface area contributed by atoms with Crippen molar-refractivity contribution >= 4 is 17.7 Å². The van der Waals surface area contributed by atoms with Gasteiger partial charge in [-0.1, -0.05) is 6.42 Å². The second-order valence-corrected chi connectivity index (χ2v) is 7.02. The SMILES string of the molecule is CCOC(=O)Nc1ccc(C(=O)NC(C)C2CC3CCC2C3)cc1. The minimum absolute atomic E-state index is 0.0482. The van der Waals surface area contributed by atoms with Crippen LogP contribution in [0, 0.1) is 17.8 Å². The Morgan fingerprint density at radius 2 is 1.96 bits per heavy atom. The van der Waals surface area contributed by atoms with Crippen LogP contribution < -0.4 is 10.6 Å². The van der Waals surface area contributed by atoms with Gasteiger partial charge in [0.2, 0.25) is 0 Å². The fourth-order valence-corrected chi connectivity index (χ4v) is 4.29. The Balaban J connectivity index is 1.54. The summed E-state index contributed by atoms with van der Waals surface area (Å²) in [5.74, 6) is 2.25. The first kappa shape index (κ1) is 16.8. The van der Waals surface area contributed by atoms with Crippen molar-refractivity contribution in [2.45, 2.75) is 45.6 Å². The molecule has 1 aromatic rings. The maximum Gasteiger partial charge on any atom is 0.411 e. The first-order chi connectivity index (χ1) is 11.6. The van der Waals surface area contributed by atoms with Gasteiger partial charge < -0.3 is 10.1 Å². The van der Waals surface area contributed by atoms with E-state index in [1.807, 2.05) is 0 Å². The third-order valence-corrected chi connectivity index (χ3v) is 5.46. The van der Waals surface area contributed by atoms with Gasteiger partial charge in [-0.2, -0.15) is 0 Å². The monoisotopic (exact) mass is 330 g/mol. The molecule has 0 aromatic heterocycles. The van der Waals surface area contributed by atoms with Crippen LogP contribution in [0.15, 0.2) is 24.3 Å². The van der Waals surface area contributed by atoms with Crippen molar-refractivity contribution in [2.24, 2.45) is 17.8 Å². The van der Waals surface area contributed by atoms with Crippen LogP contribution in [0.3, 0.4) is 0 Å². The van der Waals surface area contributed by atoms with Gasteiger partial charge in [-0.25, -0.2) is 4.79 Å². The van der Waals surface area contributed by atoms with E-state index in [2.05, 4.69) is 17.6 Å². The summed E-state index contributed by atoms with van der Waals surface area (Å²) in [6, 6.07) is 7.10. The van der Waals surface area contributed by atoms with E-state index >= 15 is 0 Å². The topological polar surface area (TPSA) is 67.4 Å². The fourth-order valence-electron chi connectivity index (χ4n) is 4.29. The number of carbonyl (C=O) groups is 2. The quantitative estimate of drug-likeness (QED) is 0.862. The van der Waals surface area contributed by atoms with Gasteiger partial charge >= 0.3 is 6.09 Å². The first-order valence-electron chi connectivity index (χ1n) is 8.91. The predicted molar refractivity (Wildman–Crippen MR) is 93.0 cm³/mol. The van der Waals surface area contributed by atoms with E-state index in [-0.39, 0.29) is 11.9 Å². The van der Waals surface area contributed by atoms with Crippen molar-refractivity contribution in [3.63, 3.8) is 0 Å². The average Bonchev–Trinajstić information content (AvgIpc) is 3.18. The molecule has 0 heterocycles. The fraction of sp³-hybridized carbons (Fsp3) is 0.579. The largest absolute Gasteiger partial charge is 0.450 e. The second kappa shape index (κ2) is 7.24. The van der Waals surface area contributed by atoms with Crippen LogP contribution in [0.4, 0.5) is 10.5 Å². The molecule has 2 amide bonds. The molecule has 2 bridgehead atoms. The number of hydrogen-bond acceptors (Lipinski definition) is 3. The average molecular weight is 330 g/mol. The van der Waals surface area contributed by atoms with Crippen LogP contribution in [0.1, 0.15) is 49.9 Å². The van der Waals surface area contributed by atoms with Crippen molar-refractivity contribution < 1.29 is 14.3 Å². The highest BCUT2D eigenvalue weighted by atomic mass is 16.5. The van der Waals surface area contributed by atoms with E-state index in [4.69, 9.17) is 4.74 Å². The zero-order chi connectivity index (χ0) is 17.1. The van der Waals surface area contributed by atoms with Gasteiger partial charge in [-0.05, 0) is 75.1 Å². The molecule has 0 radical (unpaired) electrons. The lowest BCUT2D eigenvalue weighted by Gasteiger charge is -2.28. The van der Waals surface area contributed by atoms with E-state index in [9.17, 15) is 9.59 Å². The van der Waals surface area contributed by atoms with Gasteiger partial charge in [0.05, 0.1) is 6.61 Å². The lowest BCUT2D eigenvalue weighted by Crippen LogP contribution is -2.40. The number of benzene rings is 1. The standard InChI is InChI=1S/C19H26N2O3/c1-3-24-19(23)21-16-8-6-14(7-9-16)18(22)20-12(2)17-11-13-4-5-15(17)10-13/h6-9,12-13,15,17H,3-5,10-11H2,1-2H3,(H,20,22)(H,21,23). The van der Waals surface area contributed by atoms with E-state index in [1.165, 1.54) is 25.7 Å². The molecule has 4 atom stereocenters. The zero-order valence-electron chi connectivity index (χ0n) is 14.4. The molecular weight excluding hydrogens is 304 g/mol. The molecule has 0 spiro atoms. The van der Waals surface area contributed by atoms with Gasteiger partial charge in [0, 0.05) is 17.3 Å². The van der Waals surface area contributed by atoms with Gasteiger partial charge in [0.25, 0.3) is 5.91 Å². The number of nitrogens with one attached hydrogen (secondary N) is 2. The van der Waals surface area contributed by atoms with Crippen LogP contribution in [0.2, 0.25) is 0 Å². The molecular formula is C19H26N2O3. The number of ether oxygens (including phenoxy) is 1. The number of hydrogen-bond donors (Lipinski definition) is 2. The molecule has 2 saturated carbocycles. The third kappa shape index (κ3) is 3.71. The molecule has 3 rings (SSSR count). The maximum absolute atomic E-state index is 12.4. The van der Waals surface area contributed by atoms with Crippen LogP contribution >= 0.6 is 0 Å². The smallest absolute Gasteiger partial charge is 0.411 e. The Morgan fingerprint density at radius 1 is 1.21 bits per heavy atom. The summed E-state index contributed by atoms with van der Waals surface area (Å²) < 4.78 is 4.83. The molecule has 1 aromatic carbocycles. The normalized spacial score (nSPS) is 26.0. The molecule has 4 unspecified atom stereocenters. The van der Waals surface area contributed by atoms with Gasteiger partial charge in [0.1, 0.15) is 0 Å². The number of rotatable bonds is 5. The summed E-state index contributed by atoms with van der Waals surface area (Å²) in [5.41, 5.74) is 1.23. The Bertz CT molecular complexity index is 599. The number of anilines is 1. The third-order valence-electron chi connectivity index (χ3n) is 5.46. The van der Waals surface area contributed by atoms with Crippen molar-refractivity contribution in [3.05, 3.63) is 29.8 Å². The summed E-state index contributed by atoms with van der Waals surface area (Å²) in [5, 5.41) is 5.77. The van der Waals surface area contributed by atoms with Crippen LogP contribution in [0.25, 0.3) is 0 Å². The highest BCUT2D eigenvalue weighted by Gasteiger charge is 2.42. The summed E-state index contributed by atoms with van der Waals surface area (Å²) in [4.78, 5) is 23.8. The van der Waals surface area contributed by atoms with E-state index in [0.717, 1.165) is 11.8 Å². The second-order valence-electron chi connectivity index (χ2n) is 7.02. The first-order valence-corrected chi connectivity index (χ1v) is 8.91. The minimum Gasteiger partial charge on any atom is -0.450 e. The summed E-state index contributed by atoms with van der Waals surface area (Å²) in [6.45, 7) is 4.21. The highest BCUT2D eigenvalue weighted by molar-refractivity contribution is 5.95. The van der Waals surface area contributed by atoms with Crippen molar-refractivity contribution in [1.29, 1.82) is 0 Å². The van der Waals surface area contributed by atoms with Gasteiger partial charge in [-0.15, -0.1) is 0 Å². The van der Waals surface area contributed by atoms with E-state index in [1.54, 1.807) is 31.2 Å². The number of carbonyl (C=O) groups excluding carboxylic acids is 2. The summed E-state index contributed by atoms with van der Waals surface area (Å²) in [7, 11) is 0. The Morgan fingerprint density at radius 3 is 2.54 bits per heavy atom. The van der Waals surface area contributed by atoms with Crippen molar-refractivity contribution in [1.82, 2.24) is 5.32 Å². The molecule has 2 fully saturated rings. The molecule has 2 aliphatic carbocycles. The number of amides is 2. The molecule has 2 aliphatic rings. The van der Waals surface area contributed by atoms with Crippen LogP contribution in [0.5, 0.6) is 0 Å². The summed E-state index contributed by atoms with van der Waals surface area (Å²) >= 11 is 0. The highest BCUT2D eigenvalue weighted by Crippen LogP contribution is 2.49. The lowest BCUT2D eigenvalue weighted by molar-refractivity contribution is 0.0915. The molecule has 0 aliphatic heterocycles. The van der Waals surface area contributed by atoms with E-state index in [0.29, 0.717) is 23.8 Å². The zero-order valence-corrected chi connectivity index (χ0v) is 14.4. The maximum atomic E-state index is 12.4.